The molecule has 1 amide bonds. The summed E-state index contributed by atoms with van der Waals surface area (Å²) < 4.78 is 2.01. The van der Waals surface area contributed by atoms with E-state index in [9.17, 15) is 4.79 Å². The summed E-state index contributed by atoms with van der Waals surface area (Å²) in [6.07, 6.45) is 0.818. The van der Waals surface area contributed by atoms with Crippen molar-refractivity contribution in [3.63, 3.8) is 0 Å². The molecular weight excluding hydrogens is 262 g/mol. The van der Waals surface area contributed by atoms with Gasteiger partial charge in [0.05, 0.1) is 16.9 Å². The molecule has 5 heteroatoms. The third-order valence-corrected chi connectivity index (χ3v) is 3.99. The predicted molar refractivity (Wildman–Crippen MR) is 75.3 cm³/mol. The van der Waals surface area contributed by atoms with Crippen molar-refractivity contribution in [2.75, 3.05) is 13.6 Å². The number of likely N-dealkylation sites (N-methyl/N-ethyl adjacent to an activating group) is 1. The Morgan fingerprint density at radius 3 is 2.89 bits per heavy atom. The molecule has 1 saturated heterocycles. The molecule has 2 aromatic rings. The smallest absolute Gasteiger partial charge is 0.245 e. The van der Waals surface area contributed by atoms with Gasteiger partial charge in [-0.2, -0.15) is 0 Å². The number of imidazole rings is 1. The number of alkyl halides is 1. The summed E-state index contributed by atoms with van der Waals surface area (Å²) in [7, 11) is 1.84. The highest BCUT2D eigenvalue weighted by Crippen LogP contribution is 2.29. The highest BCUT2D eigenvalue weighted by Gasteiger charge is 2.32. The average molecular weight is 278 g/mol. The topological polar surface area (TPSA) is 38.1 Å². The van der Waals surface area contributed by atoms with Gasteiger partial charge in [-0.05, 0) is 31.0 Å². The van der Waals surface area contributed by atoms with Crippen molar-refractivity contribution < 1.29 is 4.79 Å². The monoisotopic (exact) mass is 277 g/mol. The molecule has 0 aliphatic carbocycles. The van der Waals surface area contributed by atoms with Gasteiger partial charge in [0, 0.05) is 13.6 Å². The molecule has 0 bridgehead atoms. The van der Waals surface area contributed by atoms with E-state index in [0.29, 0.717) is 5.88 Å². The molecule has 0 saturated carbocycles. The number of likely N-dealkylation sites (tertiary alicyclic amines) is 1. The first kappa shape index (κ1) is 12.5. The van der Waals surface area contributed by atoms with E-state index in [1.165, 1.54) is 0 Å². The molecule has 0 radical (unpaired) electrons. The molecule has 19 heavy (non-hydrogen) atoms. The normalized spacial score (nSPS) is 19.6. The summed E-state index contributed by atoms with van der Waals surface area (Å²) >= 11 is 6.00. The van der Waals surface area contributed by atoms with Crippen LogP contribution in [-0.4, -0.2) is 34.0 Å². The summed E-state index contributed by atoms with van der Waals surface area (Å²) in [6, 6.07) is 5.94. The zero-order valence-electron chi connectivity index (χ0n) is 11.1. The van der Waals surface area contributed by atoms with E-state index in [1.807, 2.05) is 36.7 Å². The second-order valence-electron chi connectivity index (χ2n) is 5.09. The third-order valence-electron chi connectivity index (χ3n) is 3.75. The number of hydrogen-bond acceptors (Lipinski definition) is 2. The van der Waals surface area contributed by atoms with Crippen molar-refractivity contribution in [2.24, 2.45) is 0 Å². The number of benzene rings is 1. The number of aromatic nitrogens is 2. The average Bonchev–Trinajstić information content (AvgIpc) is 2.90. The minimum Gasteiger partial charge on any atom is -0.344 e. The minimum absolute atomic E-state index is 0.145. The number of carbonyl (C=O) groups excluding carboxylic acids is 1. The Morgan fingerprint density at radius 1 is 1.47 bits per heavy atom. The van der Waals surface area contributed by atoms with Gasteiger partial charge in [0.25, 0.3) is 0 Å². The lowest BCUT2D eigenvalue weighted by atomic mass is 10.2. The van der Waals surface area contributed by atoms with Crippen molar-refractivity contribution in [3.8, 4) is 0 Å². The summed E-state index contributed by atoms with van der Waals surface area (Å²) in [6.45, 7) is 2.82. The number of amides is 1. The number of aryl methyl sites for hydroxylation is 1. The Bertz CT molecular complexity index is 649. The van der Waals surface area contributed by atoms with Crippen LogP contribution in [0.5, 0.6) is 0 Å². The number of hydrogen-bond donors (Lipinski definition) is 0. The van der Waals surface area contributed by atoms with Crippen molar-refractivity contribution in [1.82, 2.24) is 14.5 Å². The number of carbonyl (C=O) groups is 1. The molecular formula is C14H16ClN3O. The van der Waals surface area contributed by atoms with Crippen LogP contribution in [-0.2, 0) is 10.7 Å². The lowest BCUT2D eigenvalue weighted by molar-refractivity contribution is -0.129. The van der Waals surface area contributed by atoms with Crippen LogP contribution in [0.3, 0.4) is 0 Å². The lowest BCUT2D eigenvalue weighted by Gasteiger charge is -2.15. The van der Waals surface area contributed by atoms with Crippen molar-refractivity contribution in [3.05, 3.63) is 29.6 Å². The first-order valence-corrected chi connectivity index (χ1v) is 6.93. The molecule has 0 N–H and O–H groups in total. The molecule has 4 nitrogen and oxygen atoms in total. The van der Waals surface area contributed by atoms with Crippen molar-refractivity contribution >= 4 is 28.5 Å². The van der Waals surface area contributed by atoms with Crippen LogP contribution in [0.25, 0.3) is 11.0 Å². The van der Waals surface area contributed by atoms with Crippen LogP contribution in [0.15, 0.2) is 18.2 Å². The van der Waals surface area contributed by atoms with Gasteiger partial charge < -0.3 is 9.47 Å². The highest BCUT2D eigenvalue weighted by atomic mass is 35.5. The van der Waals surface area contributed by atoms with Gasteiger partial charge in [-0.3, -0.25) is 4.79 Å². The Kier molecular flexibility index (Phi) is 2.97. The fraction of sp³-hybridized carbons (Fsp3) is 0.429. The van der Waals surface area contributed by atoms with Crippen LogP contribution >= 0.6 is 11.6 Å². The van der Waals surface area contributed by atoms with Gasteiger partial charge >= 0.3 is 0 Å². The molecule has 3 rings (SSSR count). The van der Waals surface area contributed by atoms with Crippen LogP contribution in [0, 0.1) is 6.92 Å². The molecule has 1 aliphatic rings. The maximum Gasteiger partial charge on any atom is 0.245 e. The maximum absolute atomic E-state index is 12.2. The zero-order chi connectivity index (χ0) is 13.6. The molecule has 1 unspecified atom stereocenters. The number of halogens is 1. The summed E-state index contributed by atoms with van der Waals surface area (Å²) in [5.41, 5.74) is 3.07. The van der Waals surface area contributed by atoms with Gasteiger partial charge in [-0.25, -0.2) is 4.98 Å². The largest absolute Gasteiger partial charge is 0.344 e. The van der Waals surface area contributed by atoms with E-state index >= 15 is 0 Å². The van der Waals surface area contributed by atoms with Gasteiger partial charge in [-0.15, -0.1) is 11.6 Å². The van der Waals surface area contributed by atoms with Crippen molar-refractivity contribution in [1.29, 1.82) is 0 Å². The Hall–Kier alpha value is -1.55. The summed E-state index contributed by atoms with van der Waals surface area (Å²) in [4.78, 5) is 18.5. The second kappa shape index (κ2) is 4.53. The number of nitrogens with zero attached hydrogens (tertiary/aromatic N) is 3. The van der Waals surface area contributed by atoms with E-state index in [2.05, 4.69) is 4.98 Å². The summed E-state index contributed by atoms with van der Waals surface area (Å²) in [5.74, 6) is 1.24. The van der Waals surface area contributed by atoms with Crippen molar-refractivity contribution in [2.45, 2.75) is 25.3 Å². The first-order chi connectivity index (χ1) is 9.11. The number of rotatable bonds is 2. The van der Waals surface area contributed by atoms with Gasteiger partial charge in [0.15, 0.2) is 0 Å². The standard InChI is InChI=1S/C14H16ClN3O/c1-9-3-4-11-10(7-9)16-13(8-15)18(11)12-5-6-17(2)14(12)19/h3-4,7,12H,5-6,8H2,1-2H3. The predicted octanol–water partition coefficient (Wildman–Crippen LogP) is 2.49. The van der Waals surface area contributed by atoms with Crippen LogP contribution in [0.2, 0.25) is 0 Å². The Morgan fingerprint density at radius 2 is 2.26 bits per heavy atom. The third kappa shape index (κ3) is 1.91. The molecule has 1 atom stereocenters. The zero-order valence-corrected chi connectivity index (χ0v) is 11.8. The SMILES string of the molecule is Cc1ccc2c(c1)nc(CCl)n2C1CCN(C)C1=O. The molecule has 1 aromatic carbocycles. The van der Waals surface area contributed by atoms with E-state index in [0.717, 1.165) is 35.4 Å². The molecule has 1 aliphatic heterocycles. The summed E-state index contributed by atoms with van der Waals surface area (Å²) in [5, 5.41) is 0. The fourth-order valence-electron chi connectivity index (χ4n) is 2.74. The minimum atomic E-state index is -0.161. The van der Waals surface area contributed by atoms with E-state index in [1.54, 1.807) is 4.90 Å². The molecule has 0 spiro atoms. The van der Waals surface area contributed by atoms with E-state index in [-0.39, 0.29) is 11.9 Å². The molecule has 1 fully saturated rings. The molecule has 100 valence electrons. The van der Waals surface area contributed by atoms with Gasteiger partial charge in [0.1, 0.15) is 11.9 Å². The quantitative estimate of drug-likeness (QED) is 0.791. The Balaban J connectivity index is 2.19. The Labute approximate surface area is 117 Å². The fourth-order valence-corrected chi connectivity index (χ4v) is 2.93. The highest BCUT2D eigenvalue weighted by molar-refractivity contribution is 6.17. The number of fused-ring (bicyclic) bond motifs is 1. The van der Waals surface area contributed by atoms with Crippen LogP contribution < -0.4 is 0 Å². The van der Waals surface area contributed by atoms with Crippen LogP contribution in [0.1, 0.15) is 23.9 Å². The van der Waals surface area contributed by atoms with Crippen LogP contribution in [0.4, 0.5) is 0 Å². The molecule has 1 aromatic heterocycles. The lowest BCUT2D eigenvalue weighted by Crippen LogP contribution is -2.25. The first-order valence-electron chi connectivity index (χ1n) is 6.40. The maximum atomic E-state index is 12.2. The second-order valence-corrected chi connectivity index (χ2v) is 5.36. The van der Waals surface area contributed by atoms with Gasteiger partial charge in [0.2, 0.25) is 5.91 Å². The van der Waals surface area contributed by atoms with E-state index < -0.39 is 0 Å². The van der Waals surface area contributed by atoms with Gasteiger partial charge in [-0.1, -0.05) is 6.07 Å². The molecule has 2 heterocycles. The van der Waals surface area contributed by atoms with E-state index in [4.69, 9.17) is 11.6 Å².